The number of carbonyl (C=O) groups is 1. The monoisotopic (exact) mass is 239 g/mol. The number of nitrogens with zero attached hydrogens (tertiary/aromatic N) is 5. The van der Waals surface area contributed by atoms with E-state index >= 15 is 0 Å². The van der Waals surface area contributed by atoms with Gasteiger partial charge in [-0.05, 0) is 18.9 Å². The molecule has 94 valence electrons. The molecule has 0 fully saturated rings. The summed E-state index contributed by atoms with van der Waals surface area (Å²) in [7, 11) is 0. The predicted molar refractivity (Wildman–Crippen MR) is 61.6 cm³/mol. The molecule has 0 spiro atoms. The van der Waals surface area contributed by atoms with Gasteiger partial charge in [-0.25, -0.2) is 0 Å². The Morgan fingerprint density at radius 2 is 2.18 bits per heavy atom. The van der Waals surface area contributed by atoms with E-state index in [1.807, 2.05) is 6.92 Å². The van der Waals surface area contributed by atoms with Crippen molar-refractivity contribution in [2.45, 2.75) is 38.3 Å². The van der Waals surface area contributed by atoms with Crippen molar-refractivity contribution in [3.05, 3.63) is 10.4 Å². The minimum absolute atomic E-state index is 0.224. The molecule has 0 aliphatic carbocycles. The van der Waals surface area contributed by atoms with E-state index in [9.17, 15) is 4.79 Å². The van der Waals surface area contributed by atoms with Crippen molar-refractivity contribution in [3.8, 4) is 0 Å². The van der Waals surface area contributed by atoms with Gasteiger partial charge in [0.15, 0.2) is 5.66 Å². The molecule has 0 saturated heterocycles. The van der Waals surface area contributed by atoms with Gasteiger partial charge in [-0.2, -0.15) is 10.2 Å². The van der Waals surface area contributed by atoms with Crippen LogP contribution < -0.4 is 0 Å². The summed E-state index contributed by atoms with van der Waals surface area (Å²) in [6, 6.07) is 0. The molecule has 0 unspecified atom stereocenters. The van der Waals surface area contributed by atoms with Crippen molar-refractivity contribution >= 4 is 5.78 Å². The van der Waals surface area contributed by atoms with Gasteiger partial charge in [0.2, 0.25) is 0 Å². The quantitative estimate of drug-likeness (QED) is 0.253. The second kappa shape index (κ2) is 6.98. The SMILES string of the molecule is CC1(CCC(=O)CCCOCCN=[N+]=[N-])N=N1. The standard InChI is InChI=1S/C10H17N5O2/c1-10(13-14-10)5-4-9(16)3-2-7-17-8-6-12-15-11/h2-8H2,1H3. The van der Waals surface area contributed by atoms with Crippen LogP contribution >= 0.6 is 0 Å². The number of ketones is 1. The van der Waals surface area contributed by atoms with Crippen LogP contribution in [0.4, 0.5) is 0 Å². The van der Waals surface area contributed by atoms with Gasteiger partial charge < -0.3 is 4.74 Å². The first-order valence-electron chi connectivity index (χ1n) is 5.71. The maximum absolute atomic E-state index is 11.4. The normalized spacial score (nSPS) is 15.4. The molecular formula is C10H17N5O2. The fraction of sp³-hybridized carbons (Fsp3) is 0.900. The first-order chi connectivity index (χ1) is 8.16. The maximum atomic E-state index is 11.4. The average Bonchev–Trinajstić information content (AvgIpc) is 3.04. The van der Waals surface area contributed by atoms with E-state index in [0.29, 0.717) is 45.4 Å². The highest BCUT2D eigenvalue weighted by Crippen LogP contribution is 2.32. The topological polar surface area (TPSA) is 99.8 Å². The molecule has 0 atom stereocenters. The largest absolute Gasteiger partial charge is 0.381 e. The van der Waals surface area contributed by atoms with Crippen LogP contribution in [-0.4, -0.2) is 31.2 Å². The molecule has 1 heterocycles. The van der Waals surface area contributed by atoms with Crippen molar-refractivity contribution in [2.24, 2.45) is 15.3 Å². The lowest BCUT2D eigenvalue weighted by Gasteiger charge is -2.04. The first kappa shape index (κ1) is 13.6. The molecule has 7 nitrogen and oxygen atoms in total. The third-order valence-corrected chi connectivity index (χ3v) is 2.46. The van der Waals surface area contributed by atoms with E-state index in [1.54, 1.807) is 0 Å². The van der Waals surface area contributed by atoms with E-state index < -0.39 is 0 Å². The molecule has 0 aromatic heterocycles. The lowest BCUT2D eigenvalue weighted by molar-refractivity contribution is -0.119. The van der Waals surface area contributed by atoms with Crippen molar-refractivity contribution in [3.63, 3.8) is 0 Å². The third kappa shape index (κ3) is 6.65. The van der Waals surface area contributed by atoms with Gasteiger partial charge in [0.05, 0.1) is 6.61 Å². The third-order valence-electron chi connectivity index (χ3n) is 2.46. The van der Waals surface area contributed by atoms with Crippen LogP contribution in [-0.2, 0) is 9.53 Å². The fourth-order valence-electron chi connectivity index (χ4n) is 1.31. The number of carbonyl (C=O) groups excluding carboxylic acids is 1. The van der Waals surface area contributed by atoms with Crippen LogP contribution in [0.5, 0.6) is 0 Å². The maximum Gasteiger partial charge on any atom is 0.188 e. The lowest BCUT2D eigenvalue weighted by atomic mass is 10.1. The van der Waals surface area contributed by atoms with Crippen molar-refractivity contribution in [1.29, 1.82) is 0 Å². The Kier molecular flexibility index (Phi) is 5.59. The number of ether oxygens (including phenoxy) is 1. The second-order valence-corrected chi connectivity index (χ2v) is 4.13. The van der Waals surface area contributed by atoms with Crippen LogP contribution in [0.25, 0.3) is 10.4 Å². The van der Waals surface area contributed by atoms with Gasteiger partial charge in [0.1, 0.15) is 5.78 Å². The first-order valence-corrected chi connectivity index (χ1v) is 5.71. The summed E-state index contributed by atoms with van der Waals surface area (Å²) in [5, 5.41) is 11.0. The van der Waals surface area contributed by atoms with Gasteiger partial charge in [-0.15, -0.1) is 0 Å². The second-order valence-electron chi connectivity index (χ2n) is 4.13. The molecule has 0 amide bonds. The Morgan fingerprint density at radius 1 is 1.41 bits per heavy atom. The zero-order valence-corrected chi connectivity index (χ0v) is 10.0. The Labute approximate surface area is 99.9 Å². The minimum Gasteiger partial charge on any atom is -0.381 e. The minimum atomic E-state index is -0.276. The molecule has 0 N–H and O–H groups in total. The van der Waals surface area contributed by atoms with Gasteiger partial charge in [-0.1, -0.05) is 5.11 Å². The number of hydrogen-bond acceptors (Lipinski definition) is 5. The molecule has 1 rings (SSSR count). The summed E-state index contributed by atoms with van der Waals surface area (Å²) in [6.07, 6.45) is 2.48. The van der Waals surface area contributed by atoms with Gasteiger partial charge in [0, 0.05) is 37.3 Å². The summed E-state index contributed by atoms with van der Waals surface area (Å²) in [5.41, 5.74) is 7.74. The van der Waals surface area contributed by atoms with E-state index in [0.717, 1.165) is 0 Å². The number of azide groups is 1. The Balaban J connectivity index is 1.88. The number of hydrogen-bond donors (Lipinski definition) is 0. The molecule has 1 aliphatic heterocycles. The Bertz CT molecular complexity index is 330. The summed E-state index contributed by atoms with van der Waals surface area (Å²) in [6.45, 7) is 3.19. The van der Waals surface area contributed by atoms with Crippen molar-refractivity contribution in [1.82, 2.24) is 0 Å². The summed E-state index contributed by atoms with van der Waals surface area (Å²) in [5.74, 6) is 0.224. The Hall–Kier alpha value is -1.46. The van der Waals surface area contributed by atoms with Crippen LogP contribution in [0.3, 0.4) is 0 Å². The molecular weight excluding hydrogens is 222 g/mol. The van der Waals surface area contributed by atoms with Crippen LogP contribution in [0.1, 0.15) is 32.6 Å². The summed E-state index contributed by atoms with van der Waals surface area (Å²) < 4.78 is 5.19. The predicted octanol–water partition coefficient (Wildman–Crippen LogP) is 2.62. The highest BCUT2D eigenvalue weighted by Gasteiger charge is 2.33. The van der Waals surface area contributed by atoms with E-state index in [-0.39, 0.29) is 11.4 Å². The molecule has 0 aromatic rings. The molecule has 7 heteroatoms. The lowest BCUT2D eigenvalue weighted by Crippen LogP contribution is -2.09. The van der Waals surface area contributed by atoms with Crippen LogP contribution in [0.15, 0.2) is 15.3 Å². The smallest absolute Gasteiger partial charge is 0.188 e. The summed E-state index contributed by atoms with van der Waals surface area (Å²) in [4.78, 5) is 14.1. The van der Waals surface area contributed by atoms with E-state index in [1.165, 1.54) is 0 Å². The van der Waals surface area contributed by atoms with Crippen molar-refractivity contribution in [2.75, 3.05) is 19.8 Å². The summed E-state index contributed by atoms with van der Waals surface area (Å²) >= 11 is 0. The molecule has 0 saturated carbocycles. The van der Waals surface area contributed by atoms with Crippen molar-refractivity contribution < 1.29 is 9.53 Å². The number of rotatable bonds is 10. The molecule has 17 heavy (non-hydrogen) atoms. The zero-order valence-electron chi connectivity index (χ0n) is 10.0. The van der Waals surface area contributed by atoms with Crippen LogP contribution in [0.2, 0.25) is 0 Å². The average molecular weight is 239 g/mol. The molecule has 0 aromatic carbocycles. The Morgan fingerprint density at radius 3 is 2.82 bits per heavy atom. The molecule has 0 radical (unpaired) electrons. The fourth-order valence-corrected chi connectivity index (χ4v) is 1.31. The van der Waals surface area contributed by atoms with Crippen LogP contribution in [0, 0.1) is 0 Å². The molecule has 0 bridgehead atoms. The van der Waals surface area contributed by atoms with Gasteiger partial charge in [-0.3, -0.25) is 4.79 Å². The van der Waals surface area contributed by atoms with E-state index in [4.69, 9.17) is 10.3 Å². The number of Topliss-reactive ketones (excluding diaryl/α,β-unsaturated/α-hetero) is 1. The van der Waals surface area contributed by atoms with Gasteiger partial charge in [0.25, 0.3) is 0 Å². The van der Waals surface area contributed by atoms with Gasteiger partial charge >= 0.3 is 0 Å². The zero-order chi connectivity index (χ0) is 12.6. The molecule has 1 aliphatic rings. The highest BCUT2D eigenvalue weighted by molar-refractivity contribution is 5.78. The van der Waals surface area contributed by atoms with E-state index in [2.05, 4.69) is 20.3 Å². The highest BCUT2D eigenvalue weighted by atomic mass is 16.5.